The van der Waals surface area contributed by atoms with Crippen molar-refractivity contribution in [2.45, 2.75) is 13.8 Å². The summed E-state index contributed by atoms with van der Waals surface area (Å²) in [7, 11) is 1.95. The summed E-state index contributed by atoms with van der Waals surface area (Å²) in [5.41, 5.74) is 3.07. The molecule has 2 rings (SSSR count). The molecule has 1 aromatic rings. The number of rotatable bonds is 1. The monoisotopic (exact) mass is 263 g/mol. The number of nitrogens with one attached hydrogen (secondary N) is 1. The van der Waals surface area contributed by atoms with Crippen molar-refractivity contribution >= 4 is 28.6 Å². The number of thioether (sulfide) groups is 1. The Morgan fingerprint density at radius 2 is 2.22 bits per heavy atom. The van der Waals surface area contributed by atoms with Crippen molar-refractivity contribution in [1.29, 1.82) is 0 Å². The number of amidine groups is 1. The van der Waals surface area contributed by atoms with Gasteiger partial charge in [0, 0.05) is 25.0 Å². The molecule has 0 bridgehead atoms. The van der Waals surface area contributed by atoms with Gasteiger partial charge in [0.05, 0.1) is 0 Å². The molecular weight excluding hydrogens is 246 g/mol. The number of carbonyl (C=O) groups is 1. The molecule has 1 aliphatic rings. The lowest BCUT2D eigenvalue weighted by Gasteiger charge is -2.11. The molecule has 1 saturated heterocycles. The Bertz CT molecular complexity index is 499. The molecule has 1 fully saturated rings. The van der Waals surface area contributed by atoms with Crippen molar-refractivity contribution in [1.82, 2.24) is 4.90 Å². The molecule has 1 heterocycles. The third-order valence-electron chi connectivity index (χ3n) is 3.03. The Morgan fingerprint density at radius 1 is 1.44 bits per heavy atom. The van der Waals surface area contributed by atoms with Crippen LogP contribution in [0.3, 0.4) is 0 Å². The molecule has 1 aromatic carbocycles. The second kappa shape index (κ2) is 5.44. The highest BCUT2D eigenvalue weighted by molar-refractivity contribution is 8.14. The van der Waals surface area contributed by atoms with E-state index in [1.54, 1.807) is 11.8 Å². The Kier molecular flexibility index (Phi) is 3.91. The van der Waals surface area contributed by atoms with E-state index in [2.05, 4.69) is 10.3 Å². The van der Waals surface area contributed by atoms with Crippen molar-refractivity contribution < 1.29 is 4.79 Å². The van der Waals surface area contributed by atoms with E-state index in [4.69, 9.17) is 0 Å². The maximum absolute atomic E-state index is 11.8. The maximum atomic E-state index is 11.8. The number of nitrogens with zero attached hydrogens (tertiary/aromatic N) is 2. The second-order valence-electron chi connectivity index (χ2n) is 4.34. The standard InChI is InChI=1S/C13H17N3OS/c1-9-5-4-6-11(10(9)2)14-12(17)15-13-16(3)7-8-18-13/h4-6H,7-8H2,1-3H3,(H,14,17)/b15-13+. The number of hydrogen-bond donors (Lipinski definition) is 1. The first-order valence-electron chi connectivity index (χ1n) is 5.88. The summed E-state index contributed by atoms with van der Waals surface area (Å²) in [6.07, 6.45) is 0. The van der Waals surface area contributed by atoms with Gasteiger partial charge in [-0.05, 0) is 31.0 Å². The lowest BCUT2D eigenvalue weighted by molar-refractivity contribution is 0.259. The third kappa shape index (κ3) is 2.85. The minimum atomic E-state index is -0.306. The summed E-state index contributed by atoms with van der Waals surface area (Å²) < 4.78 is 0. The molecule has 0 spiro atoms. The van der Waals surface area contributed by atoms with Crippen LogP contribution >= 0.6 is 11.8 Å². The van der Waals surface area contributed by atoms with Gasteiger partial charge < -0.3 is 10.2 Å². The molecule has 1 N–H and O–H groups in total. The van der Waals surface area contributed by atoms with Crippen molar-refractivity contribution in [3.05, 3.63) is 29.3 Å². The van der Waals surface area contributed by atoms with Gasteiger partial charge in [-0.25, -0.2) is 4.79 Å². The SMILES string of the molecule is Cc1cccc(NC(=O)/N=C2/SCCN2C)c1C. The zero-order valence-corrected chi connectivity index (χ0v) is 11.7. The number of amides is 2. The van der Waals surface area contributed by atoms with Gasteiger partial charge in [0.1, 0.15) is 0 Å². The van der Waals surface area contributed by atoms with Crippen LogP contribution in [0.1, 0.15) is 11.1 Å². The number of aliphatic imine (C=N–C) groups is 1. The quantitative estimate of drug-likeness (QED) is 0.847. The molecule has 96 valence electrons. The molecule has 5 heteroatoms. The van der Waals surface area contributed by atoms with Crippen molar-refractivity contribution in [3.8, 4) is 0 Å². The zero-order chi connectivity index (χ0) is 13.1. The van der Waals surface area contributed by atoms with Crippen molar-refractivity contribution in [2.75, 3.05) is 24.7 Å². The summed E-state index contributed by atoms with van der Waals surface area (Å²) in [6.45, 7) is 4.96. The topological polar surface area (TPSA) is 44.7 Å². The van der Waals surface area contributed by atoms with E-state index in [1.807, 2.05) is 44.0 Å². The summed E-state index contributed by atoms with van der Waals surface area (Å²) >= 11 is 1.61. The number of hydrogen-bond acceptors (Lipinski definition) is 2. The first-order chi connectivity index (χ1) is 8.58. The van der Waals surface area contributed by atoms with E-state index in [0.29, 0.717) is 0 Å². The highest BCUT2D eigenvalue weighted by Gasteiger charge is 2.16. The van der Waals surface area contributed by atoms with Crippen LogP contribution in [-0.4, -0.2) is 35.4 Å². The predicted octanol–water partition coefficient (Wildman–Crippen LogP) is 2.87. The van der Waals surface area contributed by atoms with Gasteiger partial charge in [0.15, 0.2) is 5.17 Å². The molecule has 0 atom stereocenters. The van der Waals surface area contributed by atoms with E-state index in [1.165, 1.54) is 0 Å². The fourth-order valence-electron chi connectivity index (χ4n) is 1.71. The molecule has 18 heavy (non-hydrogen) atoms. The van der Waals surface area contributed by atoms with Gasteiger partial charge in [0.25, 0.3) is 0 Å². The molecular formula is C13H17N3OS. The van der Waals surface area contributed by atoms with E-state index in [0.717, 1.165) is 34.3 Å². The highest BCUT2D eigenvalue weighted by Crippen LogP contribution is 2.19. The lowest BCUT2D eigenvalue weighted by atomic mass is 10.1. The summed E-state index contributed by atoms with van der Waals surface area (Å²) in [6, 6.07) is 5.55. The molecule has 0 radical (unpaired) electrons. The molecule has 4 nitrogen and oxygen atoms in total. The molecule has 2 amide bonds. The van der Waals surface area contributed by atoms with Crippen LogP contribution in [0, 0.1) is 13.8 Å². The number of carbonyl (C=O) groups excluding carboxylic acids is 1. The fourth-order valence-corrected chi connectivity index (χ4v) is 2.72. The van der Waals surface area contributed by atoms with Crippen LogP contribution in [0.25, 0.3) is 0 Å². The number of urea groups is 1. The normalized spacial score (nSPS) is 17.3. The van der Waals surface area contributed by atoms with Crippen LogP contribution in [0.5, 0.6) is 0 Å². The van der Waals surface area contributed by atoms with E-state index in [9.17, 15) is 4.79 Å². The molecule has 0 unspecified atom stereocenters. The third-order valence-corrected chi connectivity index (χ3v) is 4.08. The van der Waals surface area contributed by atoms with Gasteiger partial charge in [0.2, 0.25) is 0 Å². The lowest BCUT2D eigenvalue weighted by Crippen LogP contribution is -2.21. The first kappa shape index (κ1) is 13.0. The van der Waals surface area contributed by atoms with Crippen LogP contribution in [0.4, 0.5) is 10.5 Å². The average molecular weight is 263 g/mol. The molecule has 0 aliphatic carbocycles. The first-order valence-corrected chi connectivity index (χ1v) is 6.86. The van der Waals surface area contributed by atoms with Gasteiger partial charge >= 0.3 is 6.03 Å². The zero-order valence-electron chi connectivity index (χ0n) is 10.9. The van der Waals surface area contributed by atoms with Crippen molar-refractivity contribution in [2.24, 2.45) is 4.99 Å². The van der Waals surface area contributed by atoms with Gasteiger partial charge in [-0.2, -0.15) is 4.99 Å². The largest absolute Gasteiger partial charge is 0.353 e. The highest BCUT2D eigenvalue weighted by atomic mass is 32.2. The Hall–Kier alpha value is -1.49. The van der Waals surface area contributed by atoms with E-state index in [-0.39, 0.29) is 6.03 Å². The minimum Gasteiger partial charge on any atom is -0.353 e. The Balaban J connectivity index is 2.10. The smallest absolute Gasteiger partial charge is 0.347 e. The van der Waals surface area contributed by atoms with E-state index >= 15 is 0 Å². The summed E-state index contributed by atoms with van der Waals surface area (Å²) in [5.74, 6) is 0.992. The fraction of sp³-hybridized carbons (Fsp3) is 0.385. The number of benzene rings is 1. The second-order valence-corrected chi connectivity index (χ2v) is 5.40. The van der Waals surface area contributed by atoms with Gasteiger partial charge in [-0.3, -0.25) is 0 Å². The van der Waals surface area contributed by atoms with Crippen LogP contribution in [-0.2, 0) is 0 Å². The van der Waals surface area contributed by atoms with Crippen LogP contribution < -0.4 is 5.32 Å². The Morgan fingerprint density at radius 3 is 2.89 bits per heavy atom. The van der Waals surface area contributed by atoms with Gasteiger partial charge in [-0.15, -0.1) is 0 Å². The minimum absolute atomic E-state index is 0.306. The average Bonchev–Trinajstić information content (AvgIpc) is 2.71. The van der Waals surface area contributed by atoms with Gasteiger partial charge in [-0.1, -0.05) is 23.9 Å². The van der Waals surface area contributed by atoms with Crippen LogP contribution in [0.15, 0.2) is 23.2 Å². The molecule has 0 aromatic heterocycles. The van der Waals surface area contributed by atoms with E-state index < -0.39 is 0 Å². The van der Waals surface area contributed by atoms with Crippen molar-refractivity contribution in [3.63, 3.8) is 0 Å². The molecule has 1 aliphatic heterocycles. The van der Waals surface area contributed by atoms with Crippen LogP contribution in [0.2, 0.25) is 0 Å². The number of anilines is 1. The Labute approximate surface area is 111 Å². The summed E-state index contributed by atoms with van der Waals surface area (Å²) in [4.78, 5) is 17.9. The summed E-state index contributed by atoms with van der Waals surface area (Å²) in [5, 5.41) is 3.62. The number of aryl methyl sites for hydroxylation is 1. The molecule has 0 saturated carbocycles. The maximum Gasteiger partial charge on any atom is 0.347 e. The predicted molar refractivity (Wildman–Crippen MR) is 77.5 cm³/mol.